The minimum Gasteiger partial charge on any atom is -0.483 e. The van der Waals surface area contributed by atoms with E-state index in [0.29, 0.717) is 38.5 Å². The molecule has 10 nitrogen and oxygen atoms in total. The van der Waals surface area contributed by atoms with Crippen LogP contribution >= 0.6 is 0 Å². The Hall–Kier alpha value is -2.01. The lowest BCUT2D eigenvalue weighted by molar-refractivity contribution is -0.207. The van der Waals surface area contributed by atoms with Crippen LogP contribution in [0.5, 0.6) is 0 Å². The lowest BCUT2D eigenvalue weighted by Gasteiger charge is -2.60. The fourth-order valence-electron chi connectivity index (χ4n) is 13.2. The van der Waals surface area contributed by atoms with Gasteiger partial charge < -0.3 is 33.2 Å². The van der Waals surface area contributed by atoms with E-state index in [4.69, 9.17) is 33.2 Å². The third-order valence-corrected chi connectivity index (χ3v) is 16.9. The zero-order valence-electron chi connectivity index (χ0n) is 34.3. The molecular weight excluding hydrogens is 688 g/mol. The molecule has 1 spiro atoms. The molecule has 5 heterocycles. The largest absolute Gasteiger partial charge is 0.483 e. The van der Waals surface area contributed by atoms with Gasteiger partial charge in [0.15, 0.2) is 11.4 Å². The molecule has 7 fully saturated rings. The minimum atomic E-state index is -1.18. The Morgan fingerprint density at radius 1 is 0.630 bits per heavy atom. The summed E-state index contributed by atoms with van der Waals surface area (Å²) in [6, 6.07) is 0. The van der Waals surface area contributed by atoms with E-state index >= 15 is 4.79 Å². The first-order valence-electron chi connectivity index (χ1n) is 21.1. The highest BCUT2D eigenvalue weighted by molar-refractivity contribution is 5.90. The number of allylic oxidation sites excluding steroid dienone is 1. The van der Waals surface area contributed by atoms with Crippen LogP contribution in [-0.2, 0) is 47.5 Å². The maximum absolute atomic E-state index is 15.2. The molecule has 0 N–H and O–H groups in total. The number of fused-ring (bicyclic) bond motifs is 10. The maximum Gasteiger partial charge on any atom is 0.302 e. The predicted molar refractivity (Wildman–Crippen MR) is 197 cm³/mol. The molecule has 4 bridgehead atoms. The molecule has 54 heavy (non-hydrogen) atoms. The van der Waals surface area contributed by atoms with Crippen LogP contribution in [-0.4, -0.2) is 82.4 Å². The van der Waals surface area contributed by atoms with Crippen molar-refractivity contribution in [2.75, 3.05) is 0 Å². The van der Waals surface area contributed by atoms with Crippen LogP contribution in [0.15, 0.2) is 11.3 Å². The van der Waals surface area contributed by atoms with Crippen molar-refractivity contribution in [2.24, 2.45) is 34.5 Å². The van der Waals surface area contributed by atoms with Gasteiger partial charge in [-0.15, -0.1) is 0 Å². The van der Waals surface area contributed by atoms with Crippen LogP contribution in [0.2, 0.25) is 0 Å². The highest BCUT2D eigenvalue weighted by atomic mass is 16.6. The van der Waals surface area contributed by atoms with Gasteiger partial charge in [-0.1, -0.05) is 27.7 Å². The van der Waals surface area contributed by atoms with Crippen molar-refractivity contribution in [1.82, 2.24) is 0 Å². The van der Waals surface area contributed by atoms with E-state index in [1.165, 1.54) is 13.8 Å². The SMILES string of the molecule is CC(=O)OC1CC2(C)OC2CCC2(C)OC2CC2CC3=C(CCC4(O3)C(=O)CC3CC5OC5(C)CCC5OC5(C)CC(OC(C)=O)C4C3(C)C)C1C2(C)C. The lowest BCUT2D eigenvalue weighted by Crippen LogP contribution is -2.65. The van der Waals surface area contributed by atoms with E-state index in [1.807, 2.05) is 0 Å². The van der Waals surface area contributed by atoms with Gasteiger partial charge in [-0.25, -0.2) is 0 Å². The number of ketones is 1. The Labute approximate surface area is 321 Å². The standard InChI is InChI=1S/C44H64O10/c1-23(45)48-29-21-42(9)32(51-42)12-14-40(7)34(53-40)19-25-17-28-27(36(29)38(25,3)4)11-16-44(50-28)31(47)18-26-20-35-41(8,54-35)15-13-33-43(10,52-33)22-30(49-24(2)46)37(44)39(26,5)6/h25-26,29-30,32-37H,11-22H2,1-10H3. The number of ether oxygens (including phenoxy) is 7. The first kappa shape index (κ1) is 37.6. The fourth-order valence-corrected chi connectivity index (χ4v) is 13.2. The van der Waals surface area contributed by atoms with Gasteiger partial charge in [0, 0.05) is 51.4 Å². The van der Waals surface area contributed by atoms with Gasteiger partial charge in [0.1, 0.15) is 12.2 Å². The maximum atomic E-state index is 15.2. The summed E-state index contributed by atoms with van der Waals surface area (Å²) >= 11 is 0. The molecule has 3 saturated carbocycles. The molecule has 300 valence electrons. The summed E-state index contributed by atoms with van der Waals surface area (Å²) in [6.45, 7) is 20.9. The molecule has 0 aromatic carbocycles. The van der Waals surface area contributed by atoms with Crippen molar-refractivity contribution in [1.29, 1.82) is 0 Å². The van der Waals surface area contributed by atoms with Gasteiger partial charge in [-0.3, -0.25) is 14.4 Å². The molecular formula is C44H64O10. The van der Waals surface area contributed by atoms with E-state index in [2.05, 4.69) is 55.4 Å². The minimum absolute atomic E-state index is 0.0363. The molecule has 0 aromatic heterocycles. The monoisotopic (exact) mass is 752 g/mol. The van der Waals surface area contributed by atoms with E-state index < -0.39 is 34.7 Å². The Balaban J connectivity index is 1.14. The number of carbonyl (C=O) groups is 3. The van der Waals surface area contributed by atoms with Gasteiger partial charge >= 0.3 is 11.9 Å². The second-order valence-electron chi connectivity index (χ2n) is 21.2. The smallest absolute Gasteiger partial charge is 0.302 e. The number of epoxide rings is 4. The van der Waals surface area contributed by atoms with Crippen LogP contribution in [0.3, 0.4) is 0 Å². The van der Waals surface area contributed by atoms with Crippen LogP contribution in [0.4, 0.5) is 0 Å². The number of carbonyl (C=O) groups excluding carboxylic acids is 3. The second-order valence-corrected chi connectivity index (χ2v) is 21.2. The highest BCUT2D eigenvalue weighted by Gasteiger charge is 2.70. The Morgan fingerprint density at radius 3 is 1.69 bits per heavy atom. The van der Waals surface area contributed by atoms with Crippen molar-refractivity contribution in [3.8, 4) is 0 Å². The average Bonchev–Trinajstić information content (AvgIpc) is 4.00. The summed E-state index contributed by atoms with van der Waals surface area (Å²) in [7, 11) is 0. The molecule has 15 atom stereocenters. The van der Waals surface area contributed by atoms with Crippen molar-refractivity contribution in [2.45, 2.75) is 211 Å². The molecule has 9 rings (SSSR count). The summed E-state index contributed by atoms with van der Waals surface area (Å²) in [5.74, 6) is -0.0130. The number of rotatable bonds is 2. The predicted octanol–water partition coefficient (Wildman–Crippen LogP) is 7.32. The first-order chi connectivity index (χ1) is 25.1. The zero-order valence-corrected chi connectivity index (χ0v) is 34.3. The van der Waals surface area contributed by atoms with Crippen LogP contribution in [0, 0.1) is 34.5 Å². The Morgan fingerprint density at radius 2 is 1.13 bits per heavy atom. The fraction of sp³-hybridized carbons (Fsp3) is 0.886. The molecule has 5 aliphatic heterocycles. The number of Topliss-reactive ketones (excluding diaryl/α,β-unsaturated/α-hetero) is 1. The Kier molecular flexibility index (Phi) is 8.20. The molecule has 10 heteroatoms. The summed E-state index contributed by atoms with van der Waals surface area (Å²) in [5, 5.41) is 0. The molecule has 4 aliphatic carbocycles. The third kappa shape index (κ3) is 5.87. The van der Waals surface area contributed by atoms with Crippen molar-refractivity contribution in [3.05, 3.63) is 11.3 Å². The summed E-state index contributed by atoms with van der Waals surface area (Å²) < 4.78 is 45.9. The van der Waals surface area contributed by atoms with Crippen molar-refractivity contribution < 1.29 is 47.5 Å². The van der Waals surface area contributed by atoms with Gasteiger partial charge in [0.25, 0.3) is 0 Å². The van der Waals surface area contributed by atoms with Crippen LogP contribution < -0.4 is 0 Å². The van der Waals surface area contributed by atoms with Crippen LogP contribution in [0.25, 0.3) is 0 Å². The summed E-state index contributed by atoms with van der Waals surface area (Å²) in [5.41, 5.74) is -1.93. The molecule has 0 amide bonds. The van der Waals surface area contributed by atoms with Crippen LogP contribution in [0.1, 0.15) is 146 Å². The summed E-state index contributed by atoms with van der Waals surface area (Å²) in [4.78, 5) is 41.1. The first-order valence-corrected chi connectivity index (χ1v) is 21.1. The number of esters is 2. The zero-order chi connectivity index (χ0) is 38.6. The summed E-state index contributed by atoms with van der Waals surface area (Å²) in [6.07, 6.45) is 7.99. The van der Waals surface area contributed by atoms with Gasteiger partial charge in [0.2, 0.25) is 0 Å². The third-order valence-electron chi connectivity index (χ3n) is 16.9. The Bertz CT molecular complexity index is 1670. The van der Waals surface area contributed by atoms with Gasteiger partial charge in [0.05, 0.1) is 52.6 Å². The molecule has 9 aliphatic rings. The molecule has 4 saturated heterocycles. The normalized spacial score (nSPS) is 52.4. The van der Waals surface area contributed by atoms with E-state index in [-0.39, 0.29) is 82.1 Å². The highest BCUT2D eigenvalue weighted by Crippen LogP contribution is 2.65. The van der Waals surface area contributed by atoms with Crippen molar-refractivity contribution >= 4 is 17.7 Å². The van der Waals surface area contributed by atoms with E-state index in [9.17, 15) is 9.59 Å². The van der Waals surface area contributed by atoms with E-state index in [1.54, 1.807) is 0 Å². The van der Waals surface area contributed by atoms with E-state index in [0.717, 1.165) is 49.9 Å². The average molecular weight is 753 g/mol. The quantitative estimate of drug-likeness (QED) is 0.209. The molecule has 15 unspecified atom stereocenters. The molecule has 0 aromatic rings. The van der Waals surface area contributed by atoms with Crippen molar-refractivity contribution in [3.63, 3.8) is 0 Å². The topological polar surface area (TPSA) is 129 Å². The number of hydrogen-bond donors (Lipinski definition) is 0. The van der Waals surface area contributed by atoms with Gasteiger partial charge in [-0.2, -0.15) is 0 Å². The lowest BCUT2D eigenvalue weighted by atomic mass is 9.50. The number of hydrogen-bond acceptors (Lipinski definition) is 10. The second kappa shape index (κ2) is 11.8. The van der Waals surface area contributed by atoms with Gasteiger partial charge in [-0.05, 0) is 107 Å². The molecule has 0 radical (unpaired) electrons.